The summed E-state index contributed by atoms with van der Waals surface area (Å²) < 4.78 is 5.40. The minimum Gasteiger partial charge on any atom is -0.383 e. The summed E-state index contributed by atoms with van der Waals surface area (Å²) in [5.74, 6) is 0.173. The zero-order chi connectivity index (χ0) is 10.6. The molecule has 1 rings (SSSR count). The van der Waals surface area contributed by atoms with Crippen LogP contribution in [-0.4, -0.2) is 37.5 Å². The zero-order valence-electron chi connectivity index (χ0n) is 9.25. The topological polar surface area (TPSA) is 29.5 Å². The van der Waals surface area contributed by atoms with Crippen molar-refractivity contribution in [1.29, 1.82) is 0 Å². The van der Waals surface area contributed by atoms with Crippen LogP contribution in [0, 0.1) is 0 Å². The monoisotopic (exact) mass is 197 g/mol. The van der Waals surface area contributed by atoms with Crippen LogP contribution in [0.2, 0.25) is 0 Å². The summed E-state index contributed by atoms with van der Waals surface area (Å²) in [5.41, 5.74) is 0.903. The van der Waals surface area contributed by atoms with Gasteiger partial charge in [0, 0.05) is 32.5 Å². The molecule has 0 heterocycles. The summed E-state index contributed by atoms with van der Waals surface area (Å²) in [7, 11) is 3.87. The van der Waals surface area contributed by atoms with Crippen molar-refractivity contribution in [3.05, 3.63) is 11.8 Å². The average molecular weight is 197 g/mol. The Morgan fingerprint density at radius 3 is 2.86 bits per heavy atom. The molecule has 0 bridgehead atoms. The van der Waals surface area contributed by atoms with E-state index in [9.17, 15) is 4.79 Å². The molecule has 1 atom stereocenters. The highest BCUT2D eigenvalue weighted by Crippen LogP contribution is 2.22. The second-order valence-electron chi connectivity index (χ2n) is 3.82. The smallest absolute Gasteiger partial charge is 0.188 e. The van der Waals surface area contributed by atoms with E-state index in [1.165, 1.54) is 0 Å². The molecular formula is C11H19NO2. The van der Waals surface area contributed by atoms with Crippen molar-refractivity contribution in [2.75, 3.05) is 20.7 Å². The van der Waals surface area contributed by atoms with Crippen molar-refractivity contribution in [3.63, 3.8) is 0 Å². The van der Waals surface area contributed by atoms with Gasteiger partial charge in [0.25, 0.3) is 0 Å². The number of ketones is 1. The summed E-state index contributed by atoms with van der Waals surface area (Å²) in [6.45, 7) is 2.54. The van der Waals surface area contributed by atoms with Gasteiger partial charge in [-0.15, -0.1) is 0 Å². The van der Waals surface area contributed by atoms with Gasteiger partial charge in [-0.1, -0.05) is 0 Å². The van der Waals surface area contributed by atoms with E-state index in [2.05, 4.69) is 0 Å². The van der Waals surface area contributed by atoms with Gasteiger partial charge in [-0.3, -0.25) is 4.79 Å². The lowest BCUT2D eigenvalue weighted by molar-refractivity contribution is -0.128. The molecule has 0 aliphatic heterocycles. The molecule has 80 valence electrons. The van der Waals surface area contributed by atoms with Crippen LogP contribution in [0.3, 0.4) is 0 Å². The second kappa shape index (κ2) is 5.15. The number of carbonyl (C=O) groups is 1. The fourth-order valence-corrected chi connectivity index (χ4v) is 1.74. The molecule has 0 saturated heterocycles. The molecule has 14 heavy (non-hydrogen) atoms. The molecule has 0 radical (unpaired) electrons. The van der Waals surface area contributed by atoms with Gasteiger partial charge < -0.3 is 9.64 Å². The normalized spacial score (nSPS) is 25.5. The quantitative estimate of drug-likeness (QED) is 0.643. The van der Waals surface area contributed by atoms with E-state index in [0.717, 1.165) is 24.8 Å². The lowest BCUT2D eigenvalue weighted by atomic mass is 9.91. The van der Waals surface area contributed by atoms with E-state index < -0.39 is 0 Å². The molecule has 3 heteroatoms. The maximum Gasteiger partial charge on any atom is 0.188 e. The third-order valence-electron chi connectivity index (χ3n) is 2.30. The molecule has 3 nitrogen and oxygen atoms in total. The van der Waals surface area contributed by atoms with Crippen molar-refractivity contribution < 1.29 is 9.53 Å². The third kappa shape index (κ3) is 2.84. The van der Waals surface area contributed by atoms with Gasteiger partial charge in [-0.2, -0.15) is 0 Å². The van der Waals surface area contributed by atoms with Gasteiger partial charge in [-0.05, 0) is 26.2 Å². The largest absolute Gasteiger partial charge is 0.383 e. The maximum atomic E-state index is 11.8. The van der Waals surface area contributed by atoms with Crippen LogP contribution in [0.5, 0.6) is 0 Å². The van der Waals surface area contributed by atoms with Crippen LogP contribution in [-0.2, 0) is 9.53 Å². The molecule has 1 unspecified atom stereocenters. The number of carbonyl (C=O) groups excluding carboxylic acids is 1. The molecule has 1 aliphatic rings. The lowest BCUT2D eigenvalue weighted by Gasteiger charge is -2.23. The van der Waals surface area contributed by atoms with Crippen molar-refractivity contribution in [3.8, 4) is 0 Å². The number of hydrogen-bond donors (Lipinski definition) is 0. The number of rotatable bonds is 3. The highest BCUT2D eigenvalue weighted by Gasteiger charge is 2.26. The van der Waals surface area contributed by atoms with Gasteiger partial charge >= 0.3 is 0 Å². The number of hydrogen-bond acceptors (Lipinski definition) is 3. The molecule has 0 spiro atoms. The first-order chi connectivity index (χ1) is 6.65. The van der Waals surface area contributed by atoms with Gasteiger partial charge in [0.15, 0.2) is 5.78 Å². The van der Waals surface area contributed by atoms with Crippen LogP contribution in [0.15, 0.2) is 11.8 Å². The SMILES string of the molecule is CCOC1CCCC(=CN(C)C)C1=O. The van der Waals surface area contributed by atoms with Crippen molar-refractivity contribution in [1.82, 2.24) is 4.90 Å². The third-order valence-corrected chi connectivity index (χ3v) is 2.30. The Bertz CT molecular complexity index is 231. The lowest BCUT2D eigenvalue weighted by Crippen LogP contribution is -2.30. The Morgan fingerprint density at radius 2 is 2.29 bits per heavy atom. The number of ether oxygens (including phenoxy) is 1. The minimum absolute atomic E-state index is 0.173. The highest BCUT2D eigenvalue weighted by atomic mass is 16.5. The van der Waals surface area contributed by atoms with Gasteiger partial charge in [-0.25, -0.2) is 0 Å². The Hall–Kier alpha value is -0.830. The molecule has 0 N–H and O–H groups in total. The van der Waals surface area contributed by atoms with Crippen LogP contribution in [0.1, 0.15) is 26.2 Å². The highest BCUT2D eigenvalue weighted by molar-refractivity contribution is 5.99. The van der Waals surface area contributed by atoms with Crippen LogP contribution < -0.4 is 0 Å². The first-order valence-corrected chi connectivity index (χ1v) is 5.18. The zero-order valence-corrected chi connectivity index (χ0v) is 9.25. The molecule has 0 aromatic rings. The van der Waals surface area contributed by atoms with Crippen LogP contribution in [0.4, 0.5) is 0 Å². The first kappa shape index (κ1) is 11.2. The van der Waals surface area contributed by atoms with Crippen molar-refractivity contribution in [2.24, 2.45) is 0 Å². The second-order valence-corrected chi connectivity index (χ2v) is 3.82. The van der Waals surface area contributed by atoms with Crippen LogP contribution in [0.25, 0.3) is 0 Å². The number of Topliss-reactive ketones (excluding diaryl/α,β-unsaturated/α-hetero) is 1. The molecule has 1 fully saturated rings. The molecule has 1 aliphatic carbocycles. The standard InChI is InChI=1S/C11H19NO2/c1-4-14-10-7-5-6-9(11(10)13)8-12(2)3/h8,10H,4-7H2,1-3H3. The van der Waals surface area contributed by atoms with E-state index in [0.29, 0.717) is 6.61 Å². The van der Waals surface area contributed by atoms with Crippen molar-refractivity contribution in [2.45, 2.75) is 32.3 Å². The minimum atomic E-state index is -0.194. The summed E-state index contributed by atoms with van der Waals surface area (Å²) in [6, 6.07) is 0. The summed E-state index contributed by atoms with van der Waals surface area (Å²) in [6.07, 6.45) is 4.53. The Labute approximate surface area is 85.7 Å². The van der Waals surface area contributed by atoms with E-state index >= 15 is 0 Å². The number of nitrogens with zero attached hydrogens (tertiary/aromatic N) is 1. The molecule has 0 aromatic carbocycles. The Balaban J connectivity index is 2.66. The predicted octanol–water partition coefficient (Wildman–Crippen LogP) is 1.59. The van der Waals surface area contributed by atoms with Crippen LogP contribution >= 0.6 is 0 Å². The van der Waals surface area contributed by atoms with E-state index in [1.54, 1.807) is 0 Å². The summed E-state index contributed by atoms with van der Waals surface area (Å²) >= 11 is 0. The Kier molecular flexibility index (Phi) is 4.14. The fourth-order valence-electron chi connectivity index (χ4n) is 1.74. The van der Waals surface area contributed by atoms with E-state index in [1.807, 2.05) is 32.1 Å². The maximum absolute atomic E-state index is 11.8. The van der Waals surface area contributed by atoms with Gasteiger partial charge in [0.1, 0.15) is 6.10 Å². The van der Waals surface area contributed by atoms with E-state index in [-0.39, 0.29) is 11.9 Å². The van der Waals surface area contributed by atoms with Crippen molar-refractivity contribution >= 4 is 5.78 Å². The Morgan fingerprint density at radius 1 is 1.57 bits per heavy atom. The molecule has 0 amide bonds. The fraction of sp³-hybridized carbons (Fsp3) is 0.727. The van der Waals surface area contributed by atoms with Gasteiger partial charge in [0.05, 0.1) is 0 Å². The summed E-state index contributed by atoms with van der Waals surface area (Å²) in [5, 5.41) is 0. The van der Waals surface area contributed by atoms with Gasteiger partial charge in [0.2, 0.25) is 0 Å². The molecule has 1 saturated carbocycles. The van der Waals surface area contributed by atoms with E-state index in [4.69, 9.17) is 4.74 Å². The first-order valence-electron chi connectivity index (χ1n) is 5.18. The predicted molar refractivity (Wildman–Crippen MR) is 56.0 cm³/mol. The molecular weight excluding hydrogens is 178 g/mol. The molecule has 0 aromatic heterocycles. The average Bonchev–Trinajstić information content (AvgIpc) is 2.11. The summed E-state index contributed by atoms with van der Waals surface area (Å²) in [4.78, 5) is 13.7.